The van der Waals surface area contributed by atoms with E-state index in [1.807, 2.05) is 50.2 Å². The fourth-order valence-corrected chi connectivity index (χ4v) is 3.99. The lowest BCUT2D eigenvalue weighted by atomic mass is 10.1. The molecule has 0 unspecified atom stereocenters. The predicted octanol–water partition coefficient (Wildman–Crippen LogP) is 7.10. The van der Waals surface area contributed by atoms with Crippen molar-refractivity contribution in [1.29, 1.82) is 0 Å². The van der Waals surface area contributed by atoms with Crippen molar-refractivity contribution in [3.8, 4) is 23.0 Å². The van der Waals surface area contributed by atoms with Crippen molar-refractivity contribution in [3.63, 3.8) is 0 Å². The number of ether oxygens (including phenoxy) is 1. The molecule has 7 heteroatoms. The first kappa shape index (κ1) is 20.6. The largest absolute Gasteiger partial charge is 0.504 e. The van der Waals surface area contributed by atoms with Gasteiger partial charge < -0.3 is 14.3 Å². The van der Waals surface area contributed by atoms with E-state index in [9.17, 15) is 5.11 Å². The van der Waals surface area contributed by atoms with Crippen molar-refractivity contribution < 1.29 is 14.3 Å². The van der Waals surface area contributed by atoms with Crippen molar-refractivity contribution in [3.05, 3.63) is 68.1 Å². The van der Waals surface area contributed by atoms with Crippen LogP contribution < -0.4 is 4.74 Å². The van der Waals surface area contributed by atoms with Crippen molar-refractivity contribution in [1.82, 2.24) is 4.98 Å². The third-order valence-electron chi connectivity index (χ3n) is 4.82. The van der Waals surface area contributed by atoms with Gasteiger partial charge in [-0.15, -0.1) is 0 Å². The summed E-state index contributed by atoms with van der Waals surface area (Å²) >= 11 is 6.94. The number of aliphatic imine (C=N–C) groups is 1. The van der Waals surface area contributed by atoms with Crippen LogP contribution in [0.1, 0.15) is 16.7 Å². The normalized spacial score (nSPS) is 11.5. The van der Waals surface area contributed by atoms with Crippen molar-refractivity contribution >= 4 is 54.9 Å². The predicted molar refractivity (Wildman–Crippen MR) is 126 cm³/mol. The van der Waals surface area contributed by atoms with Gasteiger partial charge in [0, 0.05) is 20.7 Å². The number of benzene rings is 3. The molecule has 0 aliphatic carbocycles. The van der Waals surface area contributed by atoms with Gasteiger partial charge in [0.2, 0.25) is 5.89 Å². The number of aromatic hydroxyl groups is 1. The summed E-state index contributed by atoms with van der Waals surface area (Å²) in [5, 5.41) is 10.5. The number of oxazole rings is 1. The van der Waals surface area contributed by atoms with Gasteiger partial charge in [0.25, 0.3) is 0 Å². The molecule has 0 aliphatic rings. The maximum atomic E-state index is 10.5. The molecule has 152 valence electrons. The molecule has 0 atom stereocenters. The Labute approximate surface area is 190 Å². The minimum Gasteiger partial charge on any atom is -0.504 e. The fourth-order valence-electron chi connectivity index (χ4n) is 3.17. The van der Waals surface area contributed by atoms with E-state index in [1.165, 1.54) is 7.11 Å². The number of aromatic nitrogens is 1. The van der Waals surface area contributed by atoms with Crippen LogP contribution in [0.4, 0.5) is 5.69 Å². The van der Waals surface area contributed by atoms with Gasteiger partial charge in [0.15, 0.2) is 17.1 Å². The quantitative estimate of drug-likeness (QED) is 0.286. The van der Waals surface area contributed by atoms with E-state index in [-0.39, 0.29) is 5.75 Å². The summed E-state index contributed by atoms with van der Waals surface area (Å²) in [6.07, 6.45) is 1.61. The Hall–Kier alpha value is -2.64. The number of fused-ring (bicyclic) bond motifs is 1. The SMILES string of the molecule is COc1cc(Br)c(Br)c(C=Nc2cccc(-c3nc4cc(C)ccc4o3)c2C)c1O. The molecule has 4 aromatic rings. The maximum absolute atomic E-state index is 10.5. The zero-order valence-electron chi connectivity index (χ0n) is 16.5. The Kier molecular flexibility index (Phi) is 5.66. The molecule has 0 bridgehead atoms. The van der Waals surface area contributed by atoms with Crippen molar-refractivity contribution in [2.24, 2.45) is 4.99 Å². The summed E-state index contributed by atoms with van der Waals surface area (Å²) < 4.78 is 12.6. The molecule has 3 aromatic carbocycles. The topological polar surface area (TPSA) is 67.9 Å². The molecular formula is C23H18Br2N2O3. The third kappa shape index (κ3) is 3.75. The summed E-state index contributed by atoms with van der Waals surface area (Å²) in [5.41, 5.74) is 5.77. The molecule has 4 rings (SSSR count). The van der Waals surface area contributed by atoms with E-state index in [4.69, 9.17) is 9.15 Å². The molecule has 1 N–H and O–H groups in total. The van der Waals surface area contributed by atoms with Crippen LogP contribution in [0.25, 0.3) is 22.6 Å². The van der Waals surface area contributed by atoms with Crippen LogP contribution in [0, 0.1) is 13.8 Å². The van der Waals surface area contributed by atoms with Gasteiger partial charge in [-0.05, 0) is 87.2 Å². The van der Waals surface area contributed by atoms with Crippen LogP contribution in [-0.4, -0.2) is 23.4 Å². The van der Waals surface area contributed by atoms with Crippen molar-refractivity contribution in [2.75, 3.05) is 7.11 Å². The highest BCUT2D eigenvalue weighted by Crippen LogP contribution is 2.40. The van der Waals surface area contributed by atoms with Gasteiger partial charge in [0.1, 0.15) is 5.52 Å². The number of phenols is 1. The fraction of sp³-hybridized carbons (Fsp3) is 0.130. The molecule has 0 saturated carbocycles. The Morgan fingerprint density at radius 3 is 2.70 bits per heavy atom. The van der Waals surface area contributed by atoms with Crippen LogP contribution >= 0.6 is 31.9 Å². The zero-order chi connectivity index (χ0) is 21.4. The molecule has 5 nitrogen and oxygen atoms in total. The van der Waals surface area contributed by atoms with E-state index in [1.54, 1.807) is 12.3 Å². The molecule has 0 fully saturated rings. The molecule has 1 heterocycles. The van der Waals surface area contributed by atoms with Gasteiger partial charge in [-0.1, -0.05) is 12.1 Å². The van der Waals surface area contributed by atoms with Gasteiger partial charge >= 0.3 is 0 Å². The Morgan fingerprint density at radius 1 is 1.13 bits per heavy atom. The lowest BCUT2D eigenvalue weighted by Crippen LogP contribution is -1.92. The molecule has 0 saturated heterocycles. The first-order valence-electron chi connectivity index (χ1n) is 9.15. The average molecular weight is 530 g/mol. The number of methoxy groups -OCH3 is 1. The summed E-state index contributed by atoms with van der Waals surface area (Å²) in [4.78, 5) is 9.25. The first-order chi connectivity index (χ1) is 14.4. The maximum Gasteiger partial charge on any atom is 0.227 e. The zero-order valence-corrected chi connectivity index (χ0v) is 19.7. The van der Waals surface area contributed by atoms with Gasteiger partial charge in [-0.3, -0.25) is 4.99 Å². The lowest BCUT2D eigenvalue weighted by Gasteiger charge is -2.10. The highest BCUT2D eigenvalue weighted by molar-refractivity contribution is 9.13. The van der Waals surface area contributed by atoms with Crippen LogP contribution in [0.3, 0.4) is 0 Å². The van der Waals surface area contributed by atoms with Crippen LogP contribution in [0.5, 0.6) is 11.5 Å². The van der Waals surface area contributed by atoms with Gasteiger partial charge in [-0.25, -0.2) is 4.98 Å². The molecule has 0 radical (unpaired) electrons. The van der Waals surface area contributed by atoms with E-state index in [0.717, 1.165) is 38.0 Å². The Balaban J connectivity index is 1.76. The third-order valence-corrected chi connectivity index (χ3v) is 6.84. The summed E-state index contributed by atoms with van der Waals surface area (Å²) in [7, 11) is 1.51. The minimum absolute atomic E-state index is 0.0134. The van der Waals surface area contributed by atoms with E-state index < -0.39 is 0 Å². The molecule has 30 heavy (non-hydrogen) atoms. The Bertz CT molecular complexity index is 1300. The molecular weight excluding hydrogens is 512 g/mol. The smallest absolute Gasteiger partial charge is 0.227 e. The molecule has 0 spiro atoms. The highest BCUT2D eigenvalue weighted by Gasteiger charge is 2.16. The number of rotatable bonds is 4. The minimum atomic E-state index is 0.0134. The van der Waals surface area contributed by atoms with E-state index in [0.29, 0.717) is 21.7 Å². The standard InChI is InChI=1S/C23H18Br2N2O3/c1-12-7-8-19-18(9-12)27-23(30-19)14-5-4-6-17(13(14)2)26-11-15-21(25)16(24)10-20(29-3)22(15)28/h4-11,28H,1-3H3. The lowest BCUT2D eigenvalue weighted by molar-refractivity contribution is 0.372. The number of hydrogen-bond acceptors (Lipinski definition) is 5. The second kappa shape index (κ2) is 8.24. The number of halogens is 2. The van der Waals surface area contributed by atoms with E-state index >= 15 is 0 Å². The second-order valence-corrected chi connectivity index (χ2v) is 8.48. The number of nitrogens with zero attached hydrogens (tertiary/aromatic N) is 2. The Morgan fingerprint density at radius 2 is 1.93 bits per heavy atom. The van der Waals surface area contributed by atoms with Gasteiger partial charge in [0.05, 0.1) is 18.4 Å². The molecule has 1 aromatic heterocycles. The summed E-state index contributed by atoms with van der Waals surface area (Å²) in [6, 6.07) is 13.4. The number of aryl methyl sites for hydroxylation is 1. The monoisotopic (exact) mass is 528 g/mol. The van der Waals surface area contributed by atoms with Crippen LogP contribution in [-0.2, 0) is 0 Å². The average Bonchev–Trinajstić information content (AvgIpc) is 3.14. The van der Waals surface area contributed by atoms with Crippen molar-refractivity contribution in [2.45, 2.75) is 13.8 Å². The number of phenolic OH excluding ortho intramolecular Hbond substituents is 1. The molecule has 0 amide bonds. The first-order valence-corrected chi connectivity index (χ1v) is 10.7. The highest BCUT2D eigenvalue weighted by atomic mass is 79.9. The second-order valence-electron chi connectivity index (χ2n) is 6.84. The van der Waals surface area contributed by atoms with Gasteiger partial charge in [-0.2, -0.15) is 0 Å². The van der Waals surface area contributed by atoms with Crippen LogP contribution in [0.15, 0.2) is 60.8 Å². The molecule has 0 aliphatic heterocycles. The van der Waals surface area contributed by atoms with E-state index in [2.05, 4.69) is 41.8 Å². The van der Waals surface area contributed by atoms with Crippen LogP contribution in [0.2, 0.25) is 0 Å². The summed E-state index contributed by atoms with van der Waals surface area (Å²) in [5.74, 6) is 0.927. The number of hydrogen-bond donors (Lipinski definition) is 1. The summed E-state index contributed by atoms with van der Waals surface area (Å²) in [6.45, 7) is 4.00.